The molecule has 1 aliphatic heterocycles. The fourth-order valence-electron chi connectivity index (χ4n) is 0.814. The van der Waals surface area contributed by atoms with Gasteiger partial charge in [0.05, 0.1) is 0 Å². The summed E-state index contributed by atoms with van der Waals surface area (Å²) >= 11 is 1.48. The van der Waals surface area contributed by atoms with Crippen molar-refractivity contribution >= 4 is 16.9 Å². The zero-order valence-electron chi connectivity index (χ0n) is 6.15. The molecule has 0 aromatic rings. The second-order valence-corrected chi connectivity index (χ2v) is 3.60. The predicted octanol–water partition coefficient (Wildman–Crippen LogP) is -0.433. The Balaban J connectivity index is 2.82. The standard InChI is InChI=1S/C6H9AsN2O2/c1-8-4-5(9(10)11)2-3-6(8)7/h2-3H,4,7H2,1H3. The quantitative estimate of drug-likeness (QED) is 0.339. The molecule has 0 fully saturated rings. The van der Waals surface area contributed by atoms with Crippen LogP contribution in [-0.2, 0) is 0 Å². The minimum absolute atomic E-state index is 0.258. The van der Waals surface area contributed by atoms with E-state index in [-0.39, 0.29) is 10.6 Å². The molecule has 0 amide bonds. The van der Waals surface area contributed by atoms with E-state index < -0.39 is 0 Å². The van der Waals surface area contributed by atoms with Crippen LogP contribution in [0.4, 0.5) is 0 Å². The molecular weight excluding hydrogens is 207 g/mol. The normalized spacial score (nSPS) is 17.5. The molecule has 4 nitrogen and oxygen atoms in total. The van der Waals surface area contributed by atoms with Gasteiger partial charge in [-0.25, -0.2) is 0 Å². The summed E-state index contributed by atoms with van der Waals surface area (Å²) in [6.07, 6.45) is 3.35. The number of allylic oxidation sites excluding steroid dienone is 2. The van der Waals surface area contributed by atoms with Gasteiger partial charge in [-0.1, -0.05) is 0 Å². The van der Waals surface area contributed by atoms with Crippen LogP contribution in [0.1, 0.15) is 0 Å². The number of nitrogens with zero attached hydrogens (tertiary/aromatic N) is 2. The van der Waals surface area contributed by atoms with Gasteiger partial charge >= 0.3 is 72.7 Å². The van der Waals surface area contributed by atoms with Crippen molar-refractivity contribution in [2.75, 3.05) is 13.6 Å². The fourth-order valence-corrected chi connectivity index (χ4v) is 1.21. The molecule has 0 saturated heterocycles. The number of hydrogen-bond donors (Lipinski definition) is 0. The van der Waals surface area contributed by atoms with Gasteiger partial charge in [0, 0.05) is 0 Å². The molecular formula is C6H9AsN2O2. The van der Waals surface area contributed by atoms with Gasteiger partial charge in [0.2, 0.25) is 0 Å². The molecule has 11 heavy (non-hydrogen) atoms. The number of nitro groups is 1. The van der Waals surface area contributed by atoms with Crippen molar-refractivity contribution < 1.29 is 4.92 Å². The predicted molar refractivity (Wildman–Crippen MR) is 44.3 cm³/mol. The third-order valence-electron chi connectivity index (χ3n) is 1.52. The first-order valence-corrected chi connectivity index (χ1v) is 4.34. The van der Waals surface area contributed by atoms with E-state index in [9.17, 15) is 10.1 Å². The third-order valence-corrected chi connectivity index (χ3v) is 2.85. The number of likely N-dealkylation sites (N-methyl/N-ethyl adjacent to an activating group) is 1. The van der Waals surface area contributed by atoms with E-state index in [2.05, 4.69) is 0 Å². The van der Waals surface area contributed by atoms with Crippen LogP contribution in [0.25, 0.3) is 0 Å². The molecule has 60 valence electrons. The topological polar surface area (TPSA) is 46.4 Å². The van der Waals surface area contributed by atoms with Crippen LogP contribution in [-0.4, -0.2) is 40.3 Å². The molecule has 0 bridgehead atoms. The second-order valence-electron chi connectivity index (χ2n) is 2.36. The molecule has 1 atom stereocenters. The molecule has 0 N–H and O–H groups in total. The van der Waals surface area contributed by atoms with Crippen molar-refractivity contribution in [3.63, 3.8) is 0 Å². The summed E-state index contributed by atoms with van der Waals surface area (Å²) in [5, 5.41) is 10.3. The van der Waals surface area contributed by atoms with Crippen LogP contribution < -0.4 is 0 Å². The van der Waals surface area contributed by atoms with E-state index in [0.717, 1.165) is 4.48 Å². The molecule has 5 heteroatoms. The zero-order valence-corrected chi connectivity index (χ0v) is 8.57. The van der Waals surface area contributed by atoms with Gasteiger partial charge in [-0.2, -0.15) is 0 Å². The molecule has 1 aliphatic rings. The monoisotopic (exact) mass is 216 g/mol. The molecule has 0 aliphatic carbocycles. The summed E-state index contributed by atoms with van der Waals surface area (Å²) in [5.74, 6) is 0. The molecule has 1 rings (SSSR count). The molecule has 0 radical (unpaired) electrons. The van der Waals surface area contributed by atoms with Crippen LogP contribution in [0, 0.1) is 10.1 Å². The zero-order chi connectivity index (χ0) is 8.43. The van der Waals surface area contributed by atoms with Gasteiger partial charge in [0.1, 0.15) is 0 Å². The van der Waals surface area contributed by atoms with Crippen molar-refractivity contribution in [1.29, 1.82) is 0 Å². The Hall–Kier alpha value is -0.762. The summed E-state index contributed by atoms with van der Waals surface area (Å²) in [6, 6.07) is 0. The van der Waals surface area contributed by atoms with E-state index >= 15 is 0 Å². The van der Waals surface area contributed by atoms with E-state index in [1.807, 2.05) is 11.9 Å². The third kappa shape index (κ3) is 1.84. The van der Waals surface area contributed by atoms with Gasteiger partial charge in [-0.15, -0.1) is 0 Å². The van der Waals surface area contributed by atoms with Crippen molar-refractivity contribution in [2.24, 2.45) is 0 Å². The van der Waals surface area contributed by atoms with Gasteiger partial charge < -0.3 is 0 Å². The second kappa shape index (κ2) is 3.09. The van der Waals surface area contributed by atoms with Gasteiger partial charge in [-0.05, 0) is 0 Å². The maximum absolute atomic E-state index is 10.3. The Morgan fingerprint density at radius 3 is 2.82 bits per heavy atom. The van der Waals surface area contributed by atoms with E-state index in [0.29, 0.717) is 6.54 Å². The first-order chi connectivity index (χ1) is 5.11. The van der Waals surface area contributed by atoms with Crippen molar-refractivity contribution in [2.45, 2.75) is 0 Å². The van der Waals surface area contributed by atoms with E-state index in [1.165, 1.54) is 16.9 Å². The number of hydrogen-bond acceptors (Lipinski definition) is 3. The van der Waals surface area contributed by atoms with E-state index in [1.54, 1.807) is 12.2 Å². The molecule has 1 heterocycles. The Morgan fingerprint density at radius 1 is 1.73 bits per heavy atom. The Morgan fingerprint density at radius 2 is 2.36 bits per heavy atom. The summed E-state index contributed by atoms with van der Waals surface area (Å²) < 4.78 is 1.11. The summed E-state index contributed by atoms with van der Waals surface area (Å²) in [6.45, 7) is 0.414. The summed E-state index contributed by atoms with van der Waals surface area (Å²) in [5.41, 5.74) is 0.258. The Labute approximate surface area is 73.2 Å². The van der Waals surface area contributed by atoms with Crippen molar-refractivity contribution in [1.82, 2.24) is 4.90 Å². The Kier molecular flexibility index (Phi) is 2.34. The minimum atomic E-state index is -0.341. The van der Waals surface area contributed by atoms with Crippen molar-refractivity contribution in [3.8, 4) is 0 Å². The molecule has 0 spiro atoms. The van der Waals surface area contributed by atoms with Crippen LogP contribution >= 0.6 is 0 Å². The fraction of sp³-hybridized carbons (Fsp3) is 0.333. The van der Waals surface area contributed by atoms with Crippen LogP contribution in [0.2, 0.25) is 0 Å². The van der Waals surface area contributed by atoms with Crippen LogP contribution in [0.15, 0.2) is 22.3 Å². The number of rotatable bonds is 1. The summed E-state index contributed by atoms with van der Waals surface area (Å²) in [4.78, 5) is 11.8. The van der Waals surface area contributed by atoms with Crippen LogP contribution in [0.3, 0.4) is 0 Å². The van der Waals surface area contributed by atoms with Gasteiger partial charge in [0.15, 0.2) is 0 Å². The van der Waals surface area contributed by atoms with Crippen molar-refractivity contribution in [3.05, 3.63) is 32.4 Å². The van der Waals surface area contributed by atoms with Gasteiger partial charge in [0.25, 0.3) is 0 Å². The van der Waals surface area contributed by atoms with Crippen LogP contribution in [0.5, 0.6) is 0 Å². The summed E-state index contributed by atoms with van der Waals surface area (Å²) in [7, 11) is 1.85. The molecule has 0 aromatic carbocycles. The SMILES string of the molecule is CN1CC([N+](=O)[O-])=CC=C1[AsH2]. The molecule has 0 aromatic heterocycles. The van der Waals surface area contributed by atoms with E-state index in [4.69, 9.17) is 0 Å². The molecule has 0 saturated carbocycles. The Bertz CT molecular complexity index is 247. The first-order valence-electron chi connectivity index (χ1n) is 3.13. The average molecular weight is 216 g/mol. The first kappa shape index (κ1) is 8.34. The molecule has 1 unspecified atom stereocenters. The maximum atomic E-state index is 10.3. The average Bonchev–Trinajstić information content (AvgIpc) is 1.94. The van der Waals surface area contributed by atoms with Gasteiger partial charge in [-0.3, -0.25) is 0 Å².